The molecule has 1 saturated heterocycles. The predicted molar refractivity (Wildman–Crippen MR) is 106 cm³/mol. The molecule has 0 unspecified atom stereocenters. The van der Waals surface area contributed by atoms with E-state index in [0.717, 1.165) is 43.9 Å². The Kier molecular flexibility index (Phi) is 6.64. The Labute approximate surface area is 165 Å². The molecule has 0 aromatic heterocycles. The lowest BCUT2D eigenvalue weighted by Crippen LogP contribution is -2.44. The molecular weight excluding hydrogens is 384 g/mol. The first-order valence-electron chi connectivity index (χ1n) is 9.32. The minimum Gasteiger partial charge on any atom is -0.369 e. The molecule has 1 fully saturated rings. The monoisotopic (exact) mass is 409 g/mol. The minimum absolute atomic E-state index is 0.180. The number of halogens is 2. The third-order valence-electron chi connectivity index (χ3n) is 4.92. The number of nitrogens with one attached hydrogen (secondary N) is 1. The van der Waals surface area contributed by atoms with E-state index in [1.807, 2.05) is 0 Å². The third-order valence-corrected chi connectivity index (χ3v) is 6.42. The van der Waals surface area contributed by atoms with Gasteiger partial charge in [-0.25, -0.2) is 21.9 Å². The lowest BCUT2D eigenvalue weighted by Gasteiger charge is -2.34. The van der Waals surface area contributed by atoms with E-state index in [-0.39, 0.29) is 6.54 Å². The van der Waals surface area contributed by atoms with Gasteiger partial charge in [0, 0.05) is 44.5 Å². The molecule has 2 aromatic rings. The summed E-state index contributed by atoms with van der Waals surface area (Å²) in [7, 11) is -1.87. The molecule has 1 aliphatic rings. The Balaban J connectivity index is 1.48. The number of nitrogens with zero attached hydrogens (tertiary/aromatic N) is 2. The number of aryl methyl sites for hydroxylation is 1. The molecule has 0 atom stereocenters. The van der Waals surface area contributed by atoms with Crippen LogP contribution in [0.15, 0.2) is 47.4 Å². The number of hydrogen-bond acceptors (Lipinski definition) is 4. The summed E-state index contributed by atoms with van der Waals surface area (Å²) in [6, 6.07) is 10.7. The molecule has 3 rings (SSSR count). The molecule has 0 saturated carbocycles. The van der Waals surface area contributed by atoms with E-state index in [9.17, 15) is 17.2 Å². The highest BCUT2D eigenvalue weighted by molar-refractivity contribution is 7.89. The second-order valence-corrected chi connectivity index (χ2v) is 8.77. The predicted octanol–water partition coefficient (Wildman–Crippen LogP) is 2.63. The third kappa shape index (κ3) is 5.27. The first kappa shape index (κ1) is 20.7. The Morgan fingerprint density at radius 1 is 1.00 bits per heavy atom. The number of hydrogen-bond donors (Lipinski definition) is 1. The molecular formula is C20H25F2N3O2S. The topological polar surface area (TPSA) is 52.6 Å². The van der Waals surface area contributed by atoms with Gasteiger partial charge in [0.05, 0.1) is 0 Å². The molecule has 0 aliphatic carbocycles. The largest absolute Gasteiger partial charge is 0.369 e. The summed E-state index contributed by atoms with van der Waals surface area (Å²) in [6.07, 6.45) is 1.29. The van der Waals surface area contributed by atoms with Gasteiger partial charge in [0.15, 0.2) is 0 Å². The van der Waals surface area contributed by atoms with Crippen molar-refractivity contribution in [1.82, 2.24) is 9.62 Å². The molecule has 28 heavy (non-hydrogen) atoms. The summed E-state index contributed by atoms with van der Waals surface area (Å²) in [4.78, 5) is 4.13. The summed E-state index contributed by atoms with van der Waals surface area (Å²) in [5, 5.41) is 0. The van der Waals surface area contributed by atoms with Crippen LogP contribution in [0.3, 0.4) is 0 Å². The molecule has 5 nitrogen and oxygen atoms in total. The van der Waals surface area contributed by atoms with Crippen LogP contribution in [-0.4, -0.2) is 53.1 Å². The second-order valence-electron chi connectivity index (χ2n) is 7.03. The number of piperazine rings is 1. The maximum atomic E-state index is 13.7. The lowest BCUT2D eigenvalue weighted by molar-refractivity contribution is 0.313. The van der Waals surface area contributed by atoms with Crippen molar-refractivity contribution in [3.8, 4) is 0 Å². The summed E-state index contributed by atoms with van der Waals surface area (Å²) in [6.45, 7) is 4.31. The average Bonchev–Trinajstić information content (AvgIpc) is 2.66. The second kappa shape index (κ2) is 8.98. The van der Waals surface area contributed by atoms with E-state index in [2.05, 4.69) is 45.8 Å². The van der Waals surface area contributed by atoms with E-state index >= 15 is 0 Å². The summed E-state index contributed by atoms with van der Waals surface area (Å²) in [5.74, 6) is -1.90. The minimum atomic E-state index is -3.99. The number of rotatable bonds is 7. The van der Waals surface area contributed by atoms with Crippen LogP contribution >= 0.6 is 0 Å². The van der Waals surface area contributed by atoms with Crippen LogP contribution < -0.4 is 9.62 Å². The molecule has 0 radical (unpaired) electrons. The quantitative estimate of drug-likeness (QED) is 0.715. The number of anilines is 1. The normalized spacial score (nSPS) is 15.8. The van der Waals surface area contributed by atoms with Gasteiger partial charge in [0.1, 0.15) is 16.5 Å². The standard InChI is InChI=1S/C20H25F2N3O2S/c1-24-11-13-25(14-12-24)18-7-4-16(5-8-18)3-2-10-23-28(26,27)20-9-6-17(21)15-19(20)22/h4-9,15,23H,2-3,10-14H2,1H3. The highest BCUT2D eigenvalue weighted by Crippen LogP contribution is 2.18. The maximum absolute atomic E-state index is 13.7. The molecule has 0 bridgehead atoms. The fourth-order valence-electron chi connectivity index (χ4n) is 3.21. The zero-order valence-electron chi connectivity index (χ0n) is 15.9. The summed E-state index contributed by atoms with van der Waals surface area (Å²) < 4.78 is 53.2. The highest BCUT2D eigenvalue weighted by Gasteiger charge is 2.19. The van der Waals surface area contributed by atoms with Crippen LogP contribution in [0.1, 0.15) is 12.0 Å². The van der Waals surface area contributed by atoms with Crippen molar-refractivity contribution in [2.45, 2.75) is 17.7 Å². The van der Waals surface area contributed by atoms with Gasteiger partial charge < -0.3 is 9.80 Å². The molecule has 2 aromatic carbocycles. The van der Waals surface area contributed by atoms with Gasteiger partial charge in [-0.2, -0.15) is 0 Å². The van der Waals surface area contributed by atoms with Crippen molar-refractivity contribution < 1.29 is 17.2 Å². The molecule has 8 heteroatoms. The van der Waals surface area contributed by atoms with Gasteiger partial charge in [-0.15, -0.1) is 0 Å². The zero-order chi connectivity index (χ0) is 20.1. The molecule has 1 N–H and O–H groups in total. The number of likely N-dealkylation sites (N-methyl/N-ethyl adjacent to an activating group) is 1. The molecule has 1 heterocycles. The van der Waals surface area contributed by atoms with Crippen molar-refractivity contribution in [1.29, 1.82) is 0 Å². The van der Waals surface area contributed by atoms with Gasteiger partial charge in [0.25, 0.3) is 0 Å². The van der Waals surface area contributed by atoms with Crippen LogP contribution in [0.4, 0.5) is 14.5 Å². The molecule has 0 amide bonds. The fourth-order valence-corrected chi connectivity index (χ4v) is 4.34. The van der Waals surface area contributed by atoms with Crippen LogP contribution in [0, 0.1) is 11.6 Å². The first-order valence-corrected chi connectivity index (χ1v) is 10.8. The van der Waals surface area contributed by atoms with E-state index in [1.165, 1.54) is 5.69 Å². The average molecular weight is 410 g/mol. The van der Waals surface area contributed by atoms with Crippen molar-refractivity contribution >= 4 is 15.7 Å². The first-order chi connectivity index (χ1) is 13.3. The molecule has 0 spiro atoms. The van der Waals surface area contributed by atoms with Crippen molar-refractivity contribution in [2.24, 2.45) is 0 Å². The van der Waals surface area contributed by atoms with Gasteiger partial charge in [-0.05, 0) is 49.7 Å². The van der Waals surface area contributed by atoms with E-state index in [4.69, 9.17) is 0 Å². The fraction of sp³-hybridized carbons (Fsp3) is 0.400. The molecule has 1 aliphatic heterocycles. The van der Waals surface area contributed by atoms with Crippen LogP contribution in [0.5, 0.6) is 0 Å². The highest BCUT2D eigenvalue weighted by atomic mass is 32.2. The van der Waals surface area contributed by atoms with Crippen molar-refractivity contribution in [3.05, 3.63) is 59.7 Å². The van der Waals surface area contributed by atoms with Crippen molar-refractivity contribution in [2.75, 3.05) is 44.7 Å². The number of sulfonamides is 1. The number of benzene rings is 2. The van der Waals surface area contributed by atoms with E-state index in [1.54, 1.807) is 0 Å². The van der Waals surface area contributed by atoms with Crippen LogP contribution in [0.2, 0.25) is 0 Å². The van der Waals surface area contributed by atoms with Crippen LogP contribution in [-0.2, 0) is 16.4 Å². The Morgan fingerprint density at radius 2 is 1.68 bits per heavy atom. The SMILES string of the molecule is CN1CCN(c2ccc(CCCNS(=O)(=O)c3ccc(F)cc3F)cc2)CC1. The lowest BCUT2D eigenvalue weighted by atomic mass is 10.1. The zero-order valence-corrected chi connectivity index (χ0v) is 16.7. The summed E-state index contributed by atoms with van der Waals surface area (Å²) in [5.41, 5.74) is 2.31. The van der Waals surface area contributed by atoms with Crippen molar-refractivity contribution in [3.63, 3.8) is 0 Å². The van der Waals surface area contributed by atoms with Gasteiger partial charge >= 0.3 is 0 Å². The Morgan fingerprint density at radius 3 is 2.32 bits per heavy atom. The van der Waals surface area contributed by atoms with E-state index < -0.39 is 26.6 Å². The van der Waals surface area contributed by atoms with Gasteiger partial charge in [-0.3, -0.25) is 0 Å². The molecule has 152 valence electrons. The van der Waals surface area contributed by atoms with E-state index in [0.29, 0.717) is 18.9 Å². The summed E-state index contributed by atoms with van der Waals surface area (Å²) >= 11 is 0. The Hall–Kier alpha value is -2.03. The van der Waals surface area contributed by atoms with Gasteiger partial charge in [0.2, 0.25) is 10.0 Å². The Bertz CT molecular complexity index is 896. The van der Waals surface area contributed by atoms with Gasteiger partial charge in [-0.1, -0.05) is 12.1 Å². The smallest absolute Gasteiger partial charge is 0.243 e. The maximum Gasteiger partial charge on any atom is 0.243 e. The van der Waals surface area contributed by atoms with Crippen LogP contribution in [0.25, 0.3) is 0 Å².